The van der Waals surface area contributed by atoms with Gasteiger partial charge in [0.15, 0.2) is 5.72 Å². The van der Waals surface area contributed by atoms with Gasteiger partial charge in [-0.15, -0.1) is 0 Å². The highest BCUT2D eigenvalue weighted by Crippen LogP contribution is 2.27. The van der Waals surface area contributed by atoms with Crippen molar-refractivity contribution < 1.29 is 20.1 Å². The fraction of sp³-hybridized carbons (Fsp3) is 0.625. The third-order valence-corrected chi connectivity index (χ3v) is 2.65. The van der Waals surface area contributed by atoms with E-state index in [1.165, 1.54) is 0 Å². The fourth-order valence-corrected chi connectivity index (χ4v) is 1.68. The van der Waals surface area contributed by atoms with Crippen LogP contribution in [0.2, 0.25) is 0 Å². The number of hydrogen-bond donors (Lipinski definition) is 4. The van der Waals surface area contributed by atoms with Crippen LogP contribution in [-0.2, 0) is 10.5 Å². The van der Waals surface area contributed by atoms with Crippen molar-refractivity contribution in [1.29, 1.82) is 0 Å². The molecule has 0 aliphatic carbocycles. The maximum Gasteiger partial charge on any atom is 0.354 e. The van der Waals surface area contributed by atoms with E-state index in [0.29, 0.717) is 0 Å². The lowest BCUT2D eigenvalue weighted by atomic mass is 10.1. The largest absolute Gasteiger partial charge is 0.394 e. The van der Waals surface area contributed by atoms with Crippen molar-refractivity contribution in [2.24, 2.45) is 0 Å². The highest BCUT2D eigenvalue weighted by Gasteiger charge is 2.50. The summed E-state index contributed by atoms with van der Waals surface area (Å²) in [4.78, 5) is 18.4. The molecule has 9 nitrogen and oxygen atoms in total. The van der Waals surface area contributed by atoms with Crippen LogP contribution in [0.25, 0.3) is 0 Å². The summed E-state index contributed by atoms with van der Waals surface area (Å²) in [6.07, 6.45) is -1.46. The van der Waals surface area contributed by atoms with E-state index in [1.807, 2.05) is 0 Å². The average Bonchev–Trinajstić information content (AvgIpc) is 2.56. The fourth-order valence-electron chi connectivity index (χ4n) is 1.68. The highest BCUT2D eigenvalue weighted by molar-refractivity contribution is 5.10. The molecule has 5 N–H and O–H groups in total. The molecule has 0 spiro atoms. The van der Waals surface area contributed by atoms with E-state index >= 15 is 0 Å². The van der Waals surface area contributed by atoms with Crippen LogP contribution >= 0.6 is 0 Å². The number of nitrogen functional groups attached to an aromatic ring is 1. The molecule has 1 aliphatic rings. The van der Waals surface area contributed by atoms with E-state index < -0.39 is 30.2 Å². The Morgan fingerprint density at radius 1 is 1.71 bits per heavy atom. The molecule has 0 bridgehead atoms. The van der Waals surface area contributed by atoms with Crippen molar-refractivity contribution >= 4 is 5.95 Å². The maximum absolute atomic E-state index is 11.5. The second-order valence-corrected chi connectivity index (χ2v) is 3.72. The molecule has 1 aromatic rings. The minimum Gasteiger partial charge on any atom is -0.394 e. The summed E-state index contributed by atoms with van der Waals surface area (Å²) in [7, 11) is 0. The van der Waals surface area contributed by atoms with Gasteiger partial charge in [-0.2, -0.15) is 4.98 Å². The maximum atomic E-state index is 11.5. The number of ether oxygens (including phenoxy) is 1. The van der Waals surface area contributed by atoms with Crippen LogP contribution in [0.4, 0.5) is 5.95 Å². The van der Waals surface area contributed by atoms with E-state index in [9.17, 15) is 15.0 Å². The molecule has 94 valence electrons. The number of anilines is 1. The molecular formula is C8H12N4O5. The van der Waals surface area contributed by atoms with E-state index in [4.69, 9.17) is 15.6 Å². The molecule has 3 atom stereocenters. The number of aliphatic hydroxyl groups excluding tert-OH is 2. The van der Waals surface area contributed by atoms with Crippen LogP contribution in [0.3, 0.4) is 0 Å². The first-order chi connectivity index (χ1) is 7.99. The van der Waals surface area contributed by atoms with Crippen LogP contribution < -0.4 is 11.4 Å². The number of aliphatic hydroxyl groups is 3. The molecule has 1 aliphatic heterocycles. The summed E-state index contributed by atoms with van der Waals surface area (Å²) in [5.41, 5.74) is 2.34. The van der Waals surface area contributed by atoms with Gasteiger partial charge in [0.2, 0.25) is 5.95 Å². The summed E-state index contributed by atoms with van der Waals surface area (Å²) in [5.74, 6) is -0.234. The summed E-state index contributed by atoms with van der Waals surface area (Å²) < 4.78 is 5.70. The molecule has 0 saturated carbocycles. The van der Waals surface area contributed by atoms with Crippen molar-refractivity contribution in [2.75, 3.05) is 18.9 Å². The third kappa shape index (κ3) is 1.78. The zero-order valence-corrected chi connectivity index (χ0v) is 8.72. The number of aromatic nitrogens is 3. The Balaban J connectivity index is 2.42. The van der Waals surface area contributed by atoms with Gasteiger partial charge in [-0.3, -0.25) is 0 Å². The number of nitrogens with zero attached hydrogens (tertiary/aromatic N) is 3. The molecule has 1 fully saturated rings. The van der Waals surface area contributed by atoms with Crippen LogP contribution in [0, 0.1) is 0 Å². The Kier molecular flexibility index (Phi) is 2.83. The molecule has 17 heavy (non-hydrogen) atoms. The van der Waals surface area contributed by atoms with Gasteiger partial charge in [0, 0.05) is 0 Å². The third-order valence-electron chi connectivity index (χ3n) is 2.65. The van der Waals surface area contributed by atoms with E-state index in [0.717, 1.165) is 10.9 Å². The number of rotatable bonds is 2. The molecule has 0 unspecified atom stereocenters. The number of nitrogens with two attached hydrogens (primary N) is 1. The minimum absolute atomic E-state index is 0.234. The zero-order valence-electron chi connectivity index (χ0n) is 8.72. The molecule has 0 radical (unpaired) electrons. The zero-order chi connectivity index (χ0) is 12.6. The summed E-state index contributed by atoms with van der Waals surface area (Å²) >= 11 is 0. The summed E-state index contributed by atoms with van der Waals surface area (Å²) in [6.45, 7) is -0.833. The van der Waals surface area contributed by atoms with Gasteiger partial charge in [0.1, 0.15) is 18.5 Å². The van der Waals surface area contributed by atoms with E-state index in [1.54, 1.807) is 0 Å². The first-order valence-electron chi connectivity index (χ1n) is 4.83. The molecule has 1 saturated heterocycles. The standard InChI is InChI=1S/C8H12N4O5/c9-6-10-3-12(7(15)11-6)8(16)2-17-4(1-13)5(8)14/h3-5,13-14,16H,1-2H2,(H2,9,11,15)/t4-,5-,8-/m1/s1. The van der Waals surface area contributed by atoms with Crippen LogP contribution in [0.15, 0.2) is 11.1 Å². The van der Waals surface area contributed by atoms with Crippen LogP contribution in [0.1, 0.15) is 0 Å². The summed E-state index contributed by atoms with van der Waals surface area (Å²) in [6, 6.07) is 0. The summed E-state index contributed by atoms with van der Waals surface area (Å²) in [5, 5.41) is 28.8. The van der Waals surface area contributed by atoms with Gasteiger partial charge in [-0.25, -0.2) is 14.3 Å². The topological polar surface area (TPSA) is 144 Å². The lowest BCUT2D eigenvalue weighted by molar-refractivity contribution is -0.116. The van der Waals surface area contributed by atoms with Crippen molar-refractivity contribution in [3.05, 3.63) is 16.8 Å². The van der Waals surface area contributed by atoms with E-state index in [-0.39, 0.29) is 12.6 Å². The van der Waals surface area contributed by atoms with Crippen LogP contribution in [-0.4, -0.2) is 55.3 Å². The van der Waals surface area contributed by atoms with Crippen molar-refractivity contribution in [3.8, 4) is 0 Å². The van der Waals surface area contributed by atoms with Gasteiger partial charge in [0.05, 0.1) is 13.2 Å². The molecule has 2 rings (SSSR count). The first kappa shape index (κ1) is 11.9. The SMILES string of the molecule is Nc1ncn([C@@]2(O)CO[C@H](CO)[C@H]2O)c(=O)n1. The molecule has 9 heteroatoms. The van der Waals surface area contributed by atoms with Gasteiger partial charge in [0.25, 0.3) is 0 Å². The Morgan fingerprint density at radius 2 is 2.41 bits per heavy atom. The quantitative estimate of drug-likeness (QED) is 0.421. The Morgan fingerprint density at radius 3 is 2.94 bits per heavy atom. The minimum atomic E-state index is -2.00. The van der Waals surface area contributed by atoms with Crippen LogP contribution in [0.5, 0.6) is 0 Å². The average molecular weight is 244 g/mol. The lowest BCUT2D eigenvalue weighted by Gasteiger charge is -2.27. The number of hydrogen-bond acceptors (Lipinski definition) is 8. The van der Waals surface area contributed by atoms with Gasteiger partial charge in [-0.05, 0) is 0 Å². The molecule has 2 heterocycles. The van der Waals surface area contributed by atoms with Crippen molar-refractivity contribution in [1.82, 2.24) is 14.5 Å². The van der Waals surface area contributed by atoms with Gasteiger partial charge in [-0.1, -0.05) is 0 Å². The van der Waals surface area contributed by atoms with Gasteiger partial charge < -0.3 is 25.8 Å². The molecule has 0 amide bonds. The predicted octanol–water partition coefficient (Wildman–Crippen LogP) is -3.38. The van der Waals surface area contributed by atoms with Crippen molar-refractivity contribution in [3.63, 3.8) is 0 Å². The Hall–Kier alpha value is -1.55. The monoisotopic (exact) mass is 244 g/mol. The molecule has 1 aromatic heterocycles. The molecular weight excluding hydrogens is 232 g/mol. The van der Waals surface area contributed by atoms with Gasteiger partial charge >= 0.3 is 5.69 Å². The second-order valence-electron chi connectivity index (χ2n) is 3.72. The predicted molar refractivity (Wildman–Crippen MR) is 53.7 cm³/mol. The second kappa shape index (κ2) is 4.04. The normalized spacial score (nSPS) is 32.9. The van der Waals surface area contributed by atoms with Crippen molar-refractivity contribution in [2.45, 2.75) is 17.9 Å². The smallest absolute Gasteiger partial charge is 0.354 e. The Labute approximate surface area is 95.1 Å². The molecule has 0 aromatic carbocycles. The first-order valence-corrected chi connectivity index (χ1v) is 4.83. The lowest BCUT2D eigenvalue weighted by Crippen LogP contribution is -2.52. The Bertz CT molecular complexity index is 477. The van der Waals surface area contributed by atoms with E-state index in [2.05, 4.69) is 9.97 Å². The highest BCUT2D eigenvalue weighted by atomic mass is 16.5.